The Balaban J connectivity index is 1.76. The zero-order valence-electron chi connectivity index (χ0n) is 12.9. The highest BCUT2D eigenvalue weighted by atomic mass is 16.6. The highest BCUT2D eigenvalue weighted by Crippen LogP contribution is 2.49. The van der Waals surface area contributed by atoms with E-state index < -0.39 is 5.60 Å². The minimum atomic E-state index is -1.01. The largest absolute Gasteiger partial charge is 0.508 e. The fourth-order valence-electron chi connectivity index (χ4n) is 3.52. The Bertz CT molecular complexity index is 1040. The van der Waals surface area contributed by atoms with Crippen LogP contribution >= 0.6 is 0 Å². The fourth-order valence-corrected chi connectivity index (χ4v) is 3.52. The van der Waals surface area contributed by atoms with Crippen molar-refractivity contribution in [3.8, 4) is 11.5 Å². The van der Waals surface area contributed by atoms with Crippen molar-refractivity contribution in [2.24, 2.45) is 0 Å². The van der Waals surface area contributed by atoms with E-state index in [9.17, 15) is 15.0 Å². The molecule has 1 atom stereocenters. The molecule has 2 N–H and O–H groups in total. The first-order chi connectivity index (χ1) is 12.1. The van der Waals surface area contributed by atoms with Crippen LogP contribution in [-0.2, 0) is 10.3 Å². The van der Waals surface area contributed by atoms with Gasteiger partial charge < -0.3 is 19.7 Å². The molecular weight excluding hydrogens is 320 g/mol. The van der Waals surface area contributed by atoms with E-state index in [0.29, 0.717) is 28.0 Å². The van der Waals surface area contributed by atoms with Crippen LogP contribution in [0.15, 0.2) is 72.2 Å². The summed E-state index contributed by atoms with van der Waals surface area (Å²) < 4.78 is 11.1. The molecule has 2 aliphatic heterocycles. The molecular formula is C20H12O5. The van der Waals surface area contributed by atoms with Crippen molar-refractivity contribution in [2.75, 3.05) is 0 Å². The first-order valence-electron chi connectivity index (χ1n) is 7.77. The maximum atomic E-state index is 12.2. The number of carbonyl (C=O) groups is 1. The van der Waals surface area contributed by atoms with Crippen LogP contribution in [0, 0.1) is 0 Å². The lowest BCUT2D eigenvalue weighted by molar-refractivity contribution is 0.0296. The first kappa shape index (κ1) is 13.9. The van der Waals surface area contributed by atoms with Crippen molar-refractivity contribution < 1.29 is 24.5 Å². The number of aliphatic hydroxyl groups excluding tert-OH is 1. The van der Waals surface area contributed by atoms with Crippen molar-refractivity contribution in [3.63, 3.8) is 0 Å². The van der Waals surface area contributed by atoms with Gasteiger partial charge in [0, 0.05) is 22.8 Å². The summed E-state index contributed by atoms with van der Waals surface area (Å²) in [6.07, 6.45) is 5.23. The third-order valence-electron chi connectivity index (χ3n) is 4.67. The van der Waals surface area contributed by atoms with Gasteiger partial charge in [0.25, 0.3) is 5.95 Å². The van der Waals surface area contributed by atoms with Gasteiger partial charge in [-0.3, -0.25) is 0 Å². The lowest BCUT2D eigenvalue weighted by atomic mass is 9.81. The average molecular weight is 332 g/mol. The second-order valence-electron chi connectivity index (χ2n) is 6.12. The lowest BCUT2D eigenvalue weighted by Crippen LogP contribution is -2.25. The van der Waals surface area contributed by atoms with Crippen molar-refractivity contribution >= 4 is 11.5 Å². The summed E-state index contributed by atoms with van der Waals surface area (Å²) in [6, 6.07) is 11.9. The lowest BCUT2D eigenvalue weighted by Gasteiger charge is -2.30. The Morgan fingerprint density at radius 3 is 2.72 bits per heavy atom. The van der Waals surface area contributed by atoms with Crippen molar-refractivity contribution in [1.82, 2.24) is 0 Å². The molecule has 2 aromatic rings. The van der Waals surface area contributed by atoms with Gasteiger partial charge in [-0.05, 0) is 36.4 Å². The number of carbonyl (C=O) groups excluding carboxylic acids is 1. The minimum Gasteiger partial charge on any atom is -0.508 e. The number of hydrogen-bond acceptors (Lipinski definition) is 5. The van der Waals surface area contributed by atoms with E-state index in [2.05, 4.69) is 0 Å². The molecule has 0 bridgehead atoms. The van der Waals surface area contributed by atoms with Gasteiger partial charge in [0.1, 0.15) is 11.5 Å². The molecule has 0 amide bonds. The molecule has 0 aromatic heterocycles. The normalized spacial score (nSPS) is 22.7. The number of aliphatic hydroxyl groups is 1. The molecule has 0 fully saturated rings. The highest BCUT2D eigenvalue weighted by Gasteiger charge is 2.45. The number of aromatic hydroxyl groups is 1. The third-order valence-corrected chi connectivity index (χ3v) is 4.67. The van der Waals surface area contributed by atoms with E-state index in [1.165, 1.54) is 6.07 Å². The summed E-state index contributed by atoms with van der Waals surface area (Å²) in [5, 5.41) is 19.9. The van der Waals surface area contributed by atoms with Gasteiger partial charge in [-0.25, -0.2) is 4.79 Å². The van der Waals surface area contributed by atoms with Gasteiger partial charge in [-0.15, -0.1) is 0 Å². The van der Waals surface area contributed by atoms with E-state index >= 15 is 0 Å². The summed E-state index contributed by atoms with van der Waals surface area (Å²) in [7, 11) is 0. The molecule has 0 saturated heterocycles. The molecule has 3 aliphatic rings. The Hall–Kier alpha value is -3.47. The van der Waals surface area contributed by atoms with E-state index in [1.807, 2.05) is 12.1 Å². The van der Waals surface area contributed by atoms with Crippen LogP contribution in [0.4, 0.5) is 0 Å². The van der Waals surface area contributed by atoms with Gasteiger partial charge in [0.15, 0.2) is 5.60 Å². The van der Waals surface area contributed by atoms with E-state index in [1.54, 1.807) is 42.5 Å². The smallest absolute Gasteiger partial charge is 0.340 e. The second-order valence-corrected chi connectivity index (χ2v) is 6.12. The molecule has 1 unspecified atom stereocenters. The third kappa shape index (κ3) is 1.80. The van der Waals surface area contributed by atoms with Gasteiger partial charge >= 0.3 is 5.97 Å². The molecule has 0 saturated carbocycles. The fraction of sp³-hybridized carbons (Fsp3) is 0.0500. The maximum Gasteiger partial charge on any atom is 0.340 e. The summed E-state index contributed by atoms with van der Waals surface area (Å²) in [4.78, 5) is 12.2. The maximum absolute atomic E-state index is 12.2. The Kier molecular flexibility index (Phi) is 2.53. The summed E-state index contributed by atoms with van der Waals surface area (Å²) in [5.74, 6) is -0.260. The number of rotatable bonds is 0. The number of fused-ring (bicyclic) bond motifs is 5. The van der Waals surface area contributed by atoms with Crippen LogP contribution in [0.5, 0.6) is 11.5 Å². The highest BCUT2D eigenvalue weighted by molar-refractivity contribution is 5.98. The molecule has 2 heterocycles. The molecule has 0 radical (unpaired) electrons. The second kappa shape index (κ2) is 4.54. The number of phenolic OH excluding ortho intramolecular Hbond substituents is 1. The van der Waals surface area contributed by atoms with E-state index in [-0.39, 0.29) is 17.7 Å². The van der Waals surface area contributed by atoms with E-state index in [4.69, 9.17) is 9.47 Å². The number of esters is 1. The number of hydrogen-bond donors (Lipinski definition) is 2. The van der Waals surface area contributed by atoms with Gasteiger partial charge in [0.05, 0.1) is 11.1 Å². The number of benzene rings is 2. The zero-order valence-corrected chi connectivity index (χ0v) is 12.9. The summed E-state index contributed by atoms with van der Waals surface area (Å²) in [5.41, 5.74) is 2.16. The number of ether oxygens (including phenoxy) is 2. The molecule has 1 spiro atoms. The predicted octanol–water partition coefficient (Wildman–Crippen LogP) is 3.57. The van der Waals surface area contributed by atoms with Crippen molar-refractivity contribution in [2.45, 2.75) is 5.60 Å². The van der Waals surface area contributed by atoms with Gasteiger partial charge in [-0.1, -0.05) is 18.2 Å². The topological polar surface area (TPSA) is 76.0 Å². The van der Waals surface area contributed by atoms with Crippen LogP contribution in [0.2, 0.25) is 0 Å². The Morgan fingerprint density at radius 1 is 1.00 bits per heavy atom. The van der Waals surface area contributed by atoms with Crippen LogP contribution in [-0.4, -0.2) is 16.2 Å². The predicted molar refractivity (Wildman–Crippen MR) is 89.0 cm³/mol. The monoisotopic (exact) mass is 332 g/mol. The molecule has 2 aromatic carbocycles. The SMILES string of the molecule is O=C1OC2(C=CC3=C(O)Oc4cc(O)ccc4C3=C2)c2ccccc21. The van der Waals surface area contributed by atoms with Crippen LogP contribution in [0.1, 0.15) is 21.5 Å². The van der Waals surface area contributed by atoms with Gasteiger partial charge in [-0.2, -0.15) is 0 Å². The van der Waals surface area contributed by atoms with Gasteiger partial charge in [0.2, 0.25) is 0 Å². The molecule has 5 nitrogen and oxygen atoms in total. The molecule has 5 rings (SSSR count). The van der Waals surface area contributed by atoms with Crippen LogP contribution < -0.4 is 4.74 Å². The average Bonchev–Trinajstić information content (AvgIpc) is 2.87. The van der Waals surface area contributed by atoms with Crippen LogP contribution in [0.3, 0.4) is 0 Å². The molecule has 122 valence electrons. The Morgan fingerprint density at radius 2 is 1.84 bits per heavy atom. The number of phenols is 1. The van der Waals surface area contributed by atoms with Crippen LogP contribution in [0.25, 0.3) is 5.57 Å². The first-order valence-corrected chi connectivity index (χ1v) is 7.77. The van der Waals surface area contributed by atoms with E-state index in [0.717, 1.165) is 5.56 Å². The Labute approximate surface area is 142 Å². The molecule has 5 heteroatoms. The minimum absolute atomic E-state index is 0.0364. The molecule has 1 aliphatic carbocycles. The standard InChI is InChI=1S/C20H12O5/c21-11-5-6-12-15-10-20(8-7-13(15)18(22)24-17(12)9-11)16-4-2-1-3-14(16)19(23)25-20/h1-10,21-22H. The van der Waals surface area contributed by atoms with Crippen molar-refractivity contribution in [1.29, 1.82) is 0 Å². The van der Waals surface area contributed by atoms with Crippen molar-refractivity contribution in [3.05, 3.63) is 88.9 Å². The summed E-state index contributed by atoms with van der Waals surface area (Å²) >= 11 is 0. The zero-order chi connectivity index (χ0) is 17.2. The molecule has 25 heavy (non-hydrogen) atoms. The number of allylic oxidation sites excluding steroid dienone is 3. The quantitative estimate of drug-likeness (QED) is 0.721. The summed E-state index contributed by atoms with van der Waals surface area (Å²) in [6.45, 7) is 0.